The van der Waals surface area contributed by atoms with Crippen molar-refractivity contribution < 1.29 is 4.74 Å². The second kappa shape index (κ2) is 8.97. The van der Waals surface area contributed by atoms with Crippen molar-refractivity contribution in [1.29, 1.82) is 0 Å². The molecule has 0 bridgehead atoms. The van der Waals surface area contributed by atoms with Crippen LogP contribution in [0.3, 0.4) is 0 Å². The van der Waals surface area contributed by atoms with Gasteiger partial charge in [-0.1, -0.05) is 25.1 Å². The van der Waals surface area contributed by atoms with Crippen molar-refractivity contribution in [3.05, 3.63) is 53.9 Å². The van der Waals surface area contributed by atoms with Gasteiger partial charge in [0.1, 0.15) is 17.4 Å². The van der Waals surface area contributed by atoms with Gasteiger partial charge in [0.15, 0.2) is 0 Å². The molecule has 1 aliphatic heterocycles. The van der Waals surface area contributed by atoms with E-state index in [4.69, 9.17) is 14.7 Å². The first-order valence-electron chi connectivity index (χ1n) is 12.1. The molecule has 2 fully saturated rings. The van der Waals surface area contributed by atoms with E-state index in [1.807, 2.05) is 0 Å². The number of fused-ring (bicyclic) bond motifs is 1. The first-order valence-corrected chi connectivity index (χ1v) is 12.1. The summed E-state index contributed by atoms with van der Waals surface area (Å²) in [7, 11) is 3.93. The Bertz CT molecular complexity index is 1090. The molecule has 0 radical (unpaired) electrons. The third-order valence-electron chi connectivity index (χ3n) is 6.99. The first kappa shape index (κ1) is 21.0. The van der Waals surface area contributed by atoms with E-state index >= 15 is 0 Å². The molecule has 168 valence electrons. The van der Waals surface area contributed by atoms with Gasteiger partial charge in [-0.3, -0.25) is 0 Å². The lowest BCUT2D eigenvalue weighted by molar-refractivity contribution is 0.397. The molecule has 0 atom stereocenters. The Labute approximate surface area is 191 Å². The summed E-state index contributed by atoms with van der Waals surface area (Å²) >= 11 is 0. The lowest BCUT2D eigenvalue weighted by Gasteiger charge is -2.34. The number of nitrogens with zero attached hydrogens (tertiary/aromatic N) is 4. The zero-order valence-electron chi connectivity index (χ0n) is 19.6. The lowest BCUT2D eigenvalue weighted by atomic mass is 9.88. The second-order valence-electron chi connectivity index (χ2n) is 9.31. The van der Waals surface area contributed by atoms with Crippen molar-refractivity contribution in [3.63, 3.8) is 0 Å². The van der Waals surface area contributed by atoms with Crippen LogP contribution >= 0.6 is 0 Å². The molecule has 3 aromatic rings. The van der Waals surface area contributed by atoms with Crippen molar-refractivity contribution in [3.8, 4) is 5.75 Å². The molecule has 1 saturated heterocycles. The predicted octanol–water partition coefficient (Wildman–Crippen LogP) is 5.75. The zero-order chi connectivity index (χ0) is 22.1. The number of benzene rings is 2. The van der Waals surface area contributed by atoms with Crippen molar-refractivity contribution in [1.82, 2.24) is 9.97 Å². The van der Waals surface area contributed by atoms with E-state index in [1.54, 1.807) is 7.11 Å². The molecular formula is C27H34N4O. The maximum atomic E-state index is 5.63. The summed E-state index contributed by atoms with van der Waals surface area (Å²) in [5.74, 6) is 4.25. The molecule has 0 spiro atoms. The molecule has 5 nitrogen and oxygen atoms in total. The molecule has 2 aromatic carbocycles. The van der Waals surface area contributed by atoms with Crippen LogP contribution in [0, 0.1) is 0 Å². The Kier molecular flexibility index (Phi) is 5.90. The van der Waals surface area contributed by atoms with Crippen LogP contribution in [0.4, 0.5) is 11.5 Å². The molecular weight excluding hydrogens is 396 g/mol. The maximum Gasteiger partial charge on any atom is 0.140 e. The van der Waals surface area contributed by atoms with Crippen molar-refractivity contribution in [2.24, 2.45) is 0 Å². The number of piperidine rings is 1. The Morgan fingerprint density at radius 2 is 1.78 bits per heavy atom. The molecule has 5 rings (SSSR count). The lowest BCUT2D eigenvalue weighted by Crippen LogP contribution is -2.34. The van der Waals surface area contributed by atoms with Crippen LogP contribution in [0.5, 0.6) is 5.75 Å². The third kappa shape index (κ3) is 4.13. The molecule has 5 heteroatoms. The second-order valence-corrected chi connectivity index (χ2v) is 9.31. The van der Waals surface area contributed by atoms with E-state index < -0.39 is 0 Å². The van der Waals surface area contributed by atoms with Crippen LogP contribution in [0.1, 0.15) is 62.3 Å². The van der Waals surface area contributed by atoms with Gasteiger partial charge in [0.25, 0.3) is 0 Å². The predicted molar refractivity (Wildman–Crippen MR) is 132 cm³/mol. The SMILES string of the molecule is CCCN(C)c1ccc2c(N3CCC(c4ccccc4OC)CC3)nc(C3CC3)nc2c1. The van der Waals surface area contributed by atoms with Crippen LogP contribution < -0.4 is 14.5 Å². The normalized spacial score (nSPS) is 17.0. The zero-order valence-corrected chi connectivity index (χ0v) is 19.6. The van der Waals surface area contributed by atoms with Crippen molar-refractivity contribution in [2.45, 2.75) is 50.9 Å². The first-order chi connectivity index (χ1) is 15.7. The highest BCUT2D eigenvalue weighted by molar-refractivity contribution is 5.92. The summed E-state index contributed by atoms with van der Waals surface area (Å²) in [6.45, 7) is 5.29. The molecule has 0 amide bonds. The van der Waals surface area contributed by atoms with E-state index in [0.29, 0.717) is 11.8 Å². The van der Waals surface area contributed by atoms with E-state index in [1.165, 1.54) is 29.5 Å². The minimum Gasteiger partial charge on any atom is -0.496 e. The number of para-hydroxylation sites is 1. The molecule has 0 N–H and O–H groups in total. The van der Waals surface area contributed by atoms with Crippen molar-refractivity contribution in [2.75, 3.05) is 43.6 Å². The summed E-state index contributed by atoms with van der Waals surface area (Å²) in [6, 6.07) is 15.2. The minimum absolute atomic E-state index is 0.535. The molecule has 1 aliphatic carbocycles. The standard InChI is InChI=1S/C27H34N4O/c1-4-15-30(2)21-11-12-23-24(18-21)28-26(20-9-10-20)29-27(23)31-16-13-19(14-17-31)22-7-5-6-8-25(22)32-3/h5-8,11-12,18-20H,4,9-10,13-17H2,1-3H3. The summed E-state index contributed by atoms with van der Waals surface area (Å²) in [5, 5.41) is 1.18. The number of rotatable bonds is 7. The molecule has 2 aliphatic rings. The van der Waals surface area contributed by atoms with Gasteiger partial charge < -0.3 is 14.5 Å². The fourth-order valence-corrected chi connectivity index (χ4v) is 4.99. The number of hydrogen-bond donors (Lipinski definition) is 0. The smallest absolute Gasteiger partial charge is 0.140 e. The summed E-state index contributed by atoms with van der Waals surface area (Å²) in [6.07, 6.45) is 5.80. The maximum absolute atomic E-state index is 5.63. The molecule has 32 heavy (non-hydrogen) atoms. The fourth-order valence-electron chi connectivity index (χ4n) is 4.99. The van der Waals surface area contributed by atoms with Gasteiger partial charge in [-0.25, -0.2) is 9.97 Å². The average molecular weight is 431 g/mol. The summed E-state index contributed by atoms with van der Waals surface area (Å²) in [5.41, 5.74) is 3.66. The quantitative estimate of drug-likeness (QED) is 0.478. The fraction of sp³-hybridized carbons (Fsp3) is 0.481. The minimum atomic E-state index is 0.535. The number of hydrogen-bond acceptors (Lipinski definition) is 5. The van der Waals surface area contributed by atoms with Gasteiger partial charge in [0.05, 0.1) is 12.6 Å². The highest BCUT2D eigenvalue weighted by Gasteiger charge is 2.30. The molecule has 1 saturated carbocycles. The van der Waals surface area contributed by atoms with Crippen LogP contribution in [0.25, 0.3) is 10.9 Å². The monoisotopic (exact) mass is 430 g/mol. The van der Waals surface area contributed by atoms with E-state index in [2.05, 4.69) is 66.2 Å². The van der Waals surface area contributed by atoms with Gasteiger partial charge >= 0.3 is 0 Å². The highest BCUT2D eigenvalue weighted by Crippen LogP contribution is 2.41. The van der Waals surface area contributed by atoms with E-state index in [-0.39, 0.29) is 0 Å². The van der Waals surface area contributed by atoms with Gasteiger partial charge in [-0.2, -0.15) is 0 Å². The van der Waals surface area contributed by atoms with Gasteiger partial charge in [0, 0.05) is 43.7 Å². The van der Waals surface area contributed by atoms with Crippen LogP contribution in [0.2, 0.25) is 0 Å². The van der Waals surface area contributed by atoms with Gasteiger partial charge in [-0.15, -0.1) is 0 Å². The largest absolute Gasteiger partial charge is 0.496 e. The Hall–Kier alpha value is -2.82. The van der Waals surface area contributed by atoms with Crippen molar-refractivity contribution >= 4 is 22.4 Å². The third-order valence-corrected chi connectivity index (χ3v) is 6.99. The average Bonchev–Trinajstić information content (AvgIpc) is 3.69. The van der Waals surface area contributed by atoms with Gasteiger partial charge in [-0.05, 0) is 67.9 Å². The van der Waals surface area contributed by atoms with E-state index in [0.717, 1.165) is 61.8 Å². The Morgan fingerprint density at radius 3 is 2.50 bits per heavy atom. The van der Waals surface area contributed by atoms with E-state index in [9.17, 15) is 0 Å². The number of methoxy groups -OCH3 is 1. The topological polar surface area (TPSA) is 41.5 Å². The number of ether oxygens (including phenoxy) is 1. The molecule has 0 unspecified atom stereocenters. The van der Waals surface area contributed by atoms with Gasteiger partial charge in [0.2, 0.25) is 0 Å². The highest BCUT2D eigenvalue weighted by atomic mass is 16.5. The van der Waals surface area contributed by atoms with Crippen LogP contribution in [-0.2, 0) is 0 Å². The van der Waals surface area contributed by atoms with Crippen LogP contribution in [0.15, 0.2) is 42.5 Å². The molecule has 2 heterocycles. The Morgan fingerprint density at radius 1 is 1.00 bits per heavy atom. The Balaban J connectivity index is 1.43. The van der Waals surface area contributed by atoms with Crippen LogP contribution in [-0.4, -0.2) is 43.8 Å². The number of anilines is 2. The number of aromatic nitrogens is 2. The summed E-state index contributed by atoms with van der Waals surface area (Å²) in [4.78, 5) is 14.9. The summed E-state index contributed by atoms with van der Waals surface area (Å²) < 4.78 is 5.63. The molecule has 1 aromatic heterocycles.